The lowest BCUT2D eigenvalue weighted by atomic mass is 10.2. The number of azo groups is 1. The standard InChI is InChI=1S/C13H13N5O7S2/c14-7-1-3-9(11(5-7)16-13(15)19)17-18-10-4-2-8(26-25-24-20)6-12(10)27(21,22)23/h1-6,20H,14H2,(H3,15,16,19)(H,21,22,23). The fraction of sp³-hybridized carbons (Fsp3) is 0. The van der Waals surface area contributed by atoms with Crippen LogP contribution in [0, 0.1) is 0 Å². The van der Waals surface area contributed by atoms with Gasteiger partial charge in [0.2, 0.25) is 0 Å². The van der Waals surface area contributed by atoms with E-state index in [1.807, 2.05) is 0 Å². The first-order chi connectivity index (χ1) is 12.7. The Hall–Kier alpha value is -2.75. The number of anilines is 2. The van der Waals surface area contributed by atoms with E-state index in [9.17, 15) is 17.8 Å². The summed E-state index contributed by atoms with van der Waals surface area (Å²) in [7, 11) is -4.66. The number of nitrogens with zero attached hydrogens (tertiary/aromatic N) is 2. The van der Waals surface area contributed by atoms with Crippen LogP contribution in [0.4, 0.5) is 27.5 Å². The second kappa shape index (κ2) is 8.76. The smallest absolute Gasteiger partial charge is 0.316 e. The Morgan fingerprint density at radius 1 is 1.15 bits per heavy atom. The van der Waals surface area contributed by atoms with Gasteiger partial charge in [-0.15, -0.1) is 14.6 Å². The molecular weight excluding hydrogens is 402 g/mol. The summed E-state index contributed by atoms with van der Waals surface area (Å²) in [5.74, 6) is 0. The molecule has 0 radical (unpaired) electrons. The van der Waals surface area contributed by atoms with Crippen LogP contribution in [0.1, 0.15) is 0 Å². The summed E-state index contributed by atoms with van der Waals surface area (Å²) in [5, 5.41) is 21.5. The molecule has 0 unspecified atom stereocenters. The molecule has 2 aromatic rings. The number of nitrogens with one attached hydrogen (secondary N) is 1. The molecule has 0 aromatic heterocycles. The number of nitrogen functional groups attached to an aromatic ring is 1. The second-order valence-corrected chi connectivity index (χ2v) is 6.96. The molecule has 0 heterocycles. The molecule has 0 fully saturated rings. The number of amides is 2. The number of rotatable bonds is 7. The molecule has 0 saturated heterocycles. The highest BCUT2D eigenvalue weighted by Gasteiger charge is 2.17. The molecule has 0 aliphatic heterocycles. The third-order valence-corrected chi connectivity index (χ3v) is 4.37. The number of carbonyl (C=O) groups is 1. The summed E-state index contributed by atoms with van der Waals surface area (Å²) < 4.78 is 36.7. The number of urea groups is 1. The zero-order valence-electron chi connectivity index (χ0n) is 13.3. The van der Waals surface area contributed by atoms with E-state index in [4.69, 9.17) is 16.7 Å². The monoisotopic (exact) mass is 415 g/mol. The van der Waals surface area contributed by atoms with Crippen molar-refractivity contribution in [3.8, 4) is 0 Å². The lowest BCUT2D eigenvalue weighted by Crippen LogP contribution is -2.19. The van der Waals surface area contributed by atoms with Gasteiger partial charge in [-0.1, -0.05) is 5.04 Å². The molecule has 0 aliphatic rings. The fourth-order valence-electron chi connectivity index (χ4n) is 1.87. The Morgan fingerprint density at radius 3 is 2.44 bits per heavy atom. The lowest BCUT2D eigenvalue weighted by Gasteiger charge is -2.07. The van der Waals surface area contributed by atoms with E-state index in [1.54, 1.807) is 0 Å². The van der Waals surface area contributed by atoms with Crippen LogP contribution in [-0.2, 0) is 19.5 Å². The van der Waals surface area contributed by atoms with Gasteiger partial charge in [0.1, 0.15) is 16.3 Å². The highest BCUT2D eigenvalue weighted by molar-refractivity contribution is 7.94. The van der Waals surface area contributed by atoms with Gasteiger partial charge < -0.3 is 16.8 Å². The van der Waals surface area contributed by atoms with Crippen LogP contribution < -0.4 is 16.8 Å². The van der Waals surface area contributed by atoms with Gasteiger partial charge in [0.15, 0.2) is 0 Å². The third kappa shape index (κ3) is 5.88. The Labute approximate surface area is 157 Å². The van der Waals surface area contributed by atoms with Crippen molar-refractivity contribution < 1.29 is 32.4 Å². The van der Waals surface area contributed by atoms with Crippen molar-refractivity contribution in [1.29, 1.82) is 0 Å². The van der Waals surface area contributed by atoms with Crippen LogP contribution in [0.3, 0.4) is 0 Å². The SMILES string of the molecule is NC(=O)Nc1cc(N)ccc1N=Nc1ccc(SOOO)cc1S(=O)(=O)O. The van der Waals surface area contributed by atoms with Crippen molar-refractivity contribution in [2.45, 2.75) is 9.79 Å². The summed E-state index contributed by atoms with van der Waals surface area (Å²) in [6.45, 7) is 0. The summed E-state index contributed by atoms with van der Waals surface area (Å²) >= 11 is 0.489. The van der Waals surface area contributed by atoms with Crippen molar-refractivity contribution in [3.63, 3.8) is 0 Å². The van der Waals surface area contributed by atoms with Crippen LogP contribution in [-0.4, -0.2) is 24.3 Å². The van der Waals surface area contributed by atoms with Crippen LogP contribution in [0.5, 0.6) is 0 Å². The van der Waals surface area contributed by atoms with Gasteiger partial charge in [0.05, 0.1) is 17.7 Å². The maximum absolute atomic E-state index is 11.6. The largest absolute Gasteiger partial charge is 0.399 e. The average Bonchev–Trinajstić information content (AvgIpc) is 2.58. The minimum Gasteiger partial charge on any atom is -0.399 e. The predicted molar refractivity (Wildman–Crippen MR) is 95.1 cm³/mol. The van der Waals surface area contributed by atoms with E-state index < -0.39 is 21.0 Å². The fourth-order valence-corrected chi connectivity index (χ4v) is 2.99. The summed E-state index contributed by atoms with van der Waals surface area (Å²) in [6.07, 6.45) is 0. The summed E-state index contributed by atoms with van der Waals surface area (Å²) in [5.41, 5.74) is 11.1. The Morgan fingerprint density at radius 2 is 1.81 bits per heavy atom. The molecule has 7 N–H and O–H groups in total. The topological polar surface area (TPSA) is 199 Å². The van der Waals surface area contributed by atoms with Crippen molar-refractivity contribution >= 4 is 50.9 Å². The van der Waals surface area contributed by atoms with Crippen molar-refractivity contribution in [1.82, 2.24) is 0 Å². The molecule has 0 atom stereocenters. The molecule has 0 bridgehead atoms. The molecule has 2 aromatic carbocycles. The second-order valence-electron chi connectivity index (χ2n) is 4.80. The average molecular weight is 415 g/mol. The molecule has 2 amide bonds. The highest BCUT2D eigenvalue weighted by atomic mass is 32.2. The first kappa shape index (κ1) is 20.6. The van der Waals surface area contributed by atoms with Gasteiger partial charge in [0, 0.05) is 10.6 Å². The first-order valence-corrected chi connectivity index (χ1v) is 9.03. The van der Waals surface area contributed by atoms with Gasteiger partial charge in [-0.3, -0.25) is 4.55 Å². The van der Waals surface area contributed by atoms with Gasteiger partial charge in [0.25, 0.3) is 10.1 Å². The Balaban J connectivity index is 2.43. The highest BCUT2D eigenvalue weighted by Crippen LogP contribution is 2.33. The van der Waals surface area contributed by atoms with E-state index in [2.05, 4.69) is 24.9 Å². The zero-order chi connectivity index (χ0) is 20.0. The molecular formula is C13H13N5O7S2. The van der Waals surface area contributed by atoms with E-state index in [0.29, 0.717) is 17.7 Å². The Bertz CT molecular complexity index is 981. The van der Waals surface area contributed by atoms with E-state index in [1.165, 1.54) is 30.3 Å². The molecule has 144 valence electrons. The Kier molecular flexibility index (Phi) is 6.67. The minimum atomic E-state index is -4.66. The number of benzene rings is 2. The quantitative estimate of drug-likeness (QED) is 0.113. The number of carbonyl (C=O) groups excluding carboxylic acids is 1. The molecule has 0 aliphatic carbocycles. The van der Waals surface area contributed by atoms with E-state index in [0.717, 1.165) is 6.07 Å². The van der Waals surface area contributed by atoms with E-state index >= 15 is 0 Å². The predicted octanol–water partition coefficient (Wildman–Crippen LogP) is 2.85. The van der Waals surface area contributed by atoms with Crippen LogP contribution in [0.25, 0.3) is 0 Å². The van der Waals surface area contributed by atoms with Gasteiger partial charge in [-0.25, -0.2) is 10.1 Å². The van der Waals surface area contributed by atoms with Gasteiger partial charge in [-0.2, -0.15) is 8.42 Å². The van der Waals surface area contributed by atoms with Gasteiger partial charge in [-0.05, 0) is 36.4 Å². The molecule has 2 rings (SSSR count). The lowest BCUT2D eigenvalue weighted by molar-refractivity contribution is -0.432. The number of nitrogens with two attached hydrogens (primary N) is 2. The number of primary amides is 1. The van der Waals surface area contributed by atoms with Crippen LogP contribution in [0.15, 0.2) is 56.4 Å². The molecule has 12 nitrogen and oxygen atoms in total. The number of hydrogen-bond donors (Lipinski definition) is 5. The summed E-state index contributed by atoms with van der Waals surface area (Å²) in [6, 6.07) is 7.06. The minimum absolute atomic E-state index is 0.139. The maximum atomic E-state index is 11.6. The first-order valence-electron chi connectivity index (χ1n) is 6.84. The molecule has 14 heteroatoms. The maximum Gasteiger partial charge on any atom is 0.316 e. The van der Waals surface area contributed by atoms with E-state index in [-0.39, 0.29) is 22.0 Å². The molecule has 27 heavy (non-hydrogen) atoms. The third-order valence-electron chi connectivity index (χ3n) is 2.91. The molecule has 0 spiro atoms. The number of hydrogen-bond acceptors (Lipinski definition) is 10. The molecule has 0 saturated carbocycles. The normalized spacial score (nSPS) is 11.6. The van der Waals surface area contributed by atoms with Crippen LogP contribution in [0.2, 0.25) is 0 Å². The summed E-state index contributed by atoms with van der Waals surface area (Å²) in [4.78, 5) is 10.7. The van der Waals surface area contributed by atoms with Crippen LogP contribution >= 0.6 is 12.0 Å². The zero-order valence-corrected chi connectivity index (χ0v) is 14.9. The van der Waals surface area contributed by atoms with Gasteiger partial charge >= 0.3 is 6.03 Å². The van der Waals surface area contributed by atoms with Crippen molar-refractivity contribution in [2.75, 3.05) is 11.1 Å². The van der Waals surface area contributed by atoms with Crippen molar-refractivity contribution in [3.05, 3.63) is 36.4 Å². The van der Waals surface area contributed by atoms with Crippen molar-refractivity contribution in [2.24, 2.45) is 16.0 Å².